The Labute approximate surface area is 109 Å². The van der Waals surface area contributed by atoms with E-state index in [-0.39, 0.29) is 5.91 Å². The second kappa shape index (κ2) is 4.64. The molecule has 1 aliphatic rings. The van der Waals surface area contributed by atoms with Gasteiger partial charge in [0.1, 0.15) is 5.71 Å². The van der Waals surface area contributed by atoms with Crippen molar-refractivity contribution in [3.05, 3.63) is 35.7 Å². The highest BCUT2D eigenvalue weighted by Gasteiger charge is 2.19. The van der Waals surface area contributed by atoms with Gasteiger partial charge in [-0.05, 0) is 6.92 Å². The molecule has 0 saturated heterocycles. The summed E-state index contributed by atoms with van der Waals surface area (Å²) < 4.78 is 5.18. The number of carbonyl (C=O) groups is 1. The van der Waals surface area contributed by atoms with E-state index in [2.05, 4.69) is 20.7 Å². The number of nitrogens with zero attached hydrogens (tertiary/aromatic N) is 3. The zero-order valence-corrected chi connectivity index (χ0v) is 10.4. The Bertz CT molecular complexity index is 643. The van der Waals surface area contributed by atoms with Crippen molar-refractivity contribution in [1.82, 2.24) is 15.6 Å². The molecule has 0 bridgehead atoms. The van der Waals surface area contributed by atoms with Crippen molar-refractivity contribution in [3.8, 4) is 11.4 Å². The maximum atomic E-state index is 11.0. The normalized spacial score (nSPS) is 15.0. The fraction of sp³-hybridized carbons (Fsp3) is 0.231. The molecule has 1 N–H and O–H groups in total. The Balaban J connectivity index is 1.87. The van der Waals surface area contributed by atoms with E-state index in [1.54, 1.807) is 0 Å². The number of rotatable bonds is 2. The van der Waals surface area contributed by atoms with Crippen LogP contribution in [0.4, 0.5) is 0 Å². The van der Waals surface area contributed by atoms with E-state index in [9.17, 15) is 4.79 Å². The molecule has 2 heterocycles. The summed E-state index contributed by atoms with van der Waals surface area (Å²) in [5, 5.41) is 7.85. The van der Waals surface area contributed by atoms with Crippen LogP contribution in [0.1, 0.15) is 24.3 Å². The topological polar surface area (TPSA) is 80.4 Å². The summed E-state index contributed by atoms with van der Waals surface area (Å²) in [6, 6.07) is 7.86. The highest BCUT2D eigenvalue weighted by Crippen LogP contribution is 2.17. The predicted molar refractivity (Wildman–Crippen MR) is 68.4 cm³/mol. The molecule has 0 saturated carbocycles. The van der Waals surface area contributed by atoms with E-state index in [0.29, 0.717) is 30.3 Å². The lowest BCUT2D eigenvalue weighted by atomic mass is 10.1. The number of amides is 1. The third-order valence-electron chi connectivity index (χ3n) is 2.89. The molecule has 2 aromatic rings. The Hall–Kier alpha value is -2.50. The largest absolute Gasteiger partial charge is 0.332 e. The molecule has 0 aliphatic carbocycles. The van der Waals surface area contributed by atoms with E-state index in [1.165, 1.54) is 5.56 Å². The number of nitrogens with one attached hydrogen (secondary N) is 1. The summed E-state index contributed by atoms with van der Waals surface area (Å²) in [5.41, 5.74) is 5.09. The van der Waals surface area contributed by atoms with Crippen molar-refractivity contribution in [3.63, 3.8) is 0 Å². The van der Waals surface area contributed by atoms with Gasteiger partial charge in [-0.1, -0.05) is 35.0 Å². The number of aryl methyl sites for hydroxylation is 1. The lowest BCUT2D eigenvalue weighted by Crippen LogP contribution is -2.26. The molecular formula is C13H12N4O2. The van der Waals surface area contributed by atoms with E-state index >= 15 is 0 Å². The maximum Gasteiger partial charge on any atom is 0.274 e. The number of hydrogen-bond donors (Lipinski definition) is 1. The van der Waals surface area contributed by atoms with Gasteiger partial charge in [0.25, 0.3) is 5.89 Å². The third-order valence-corrected chi connectivity index (χ3v) is 2.89. The average molecular weight is 256 g/mol. The van der Waals surface area contributed by atoms with Crippen LogP contribution >= 0.6 is 0 Å². The minimum absolute atomic E-state index is 0.0953. The van der Waals surface area contributed by atoms with Crippen LogP contribution in [0.5, 0.6) is 0 Å². The van der Waals surface area contributed by atoms with Crippen LogP contribution in [0, 0.1) is 6.92 Å². The van der Waals surface area contributed by atoms with Gasteiger partial charge >= 0.3 is 0 Å². The molecule has 6 heteroatoms. The van der Waals surface area contributed by atoms with Gasteiger partial charge in [-0.15, -0.1) is 0 Å². The van der Waals surface area contributed by atoms with Gasteiger partial charge in [0.15, 0.2) is 0 Å². The molecule has 1 aliphatic heterocycles. The van der Waals surface area contributed by atoms with Crippen molar-refractivity contribution >= 4 is 11.6 Å². The maximum absolute atomic E-state index is 11.0. The molecule has 19 heavy (non-hydrogen) atoms. The second-order valence-electron chi connectivity index (χ2n) is 4.38. The summed E-state index contributed by atoms with van der Waals surface area (Å²) in [6.45, 7) is 2.02. The molecule has 0 fully saturated rings. The summed E-state index contributed by atoms with van der Waals surface area (Å²) in [7, 11) is 0. The van der Waals surface area contributed by atoms with Crippen LogP contribution < -0.4 is 5.43 Å². The van der Waals surface area contributed by atoms with Gasteiger partial charge in [-0.2, -0.15) is 10.1 Å². The first-order valence-corrected chi connectivity index (χ1v) is 5.99. The van der Waals surface area contributed by atoms with E-state index < -0.39 is 0 Å². The van der Waals surface area contributed by atoms with Crippen LogP contribution in [0.3, 0.4) is 0 Å². The zero-order chi connectivity index (χ0) is 13.2. The number of carbonyl (C=O) groups excluding carboxylic acids is 1. The van der Waals surface area contributed by atoms with Gasteiger partial charge in [0, 0.05) is 18.4 Å². The molecule has 0 atom stereocenters. The first-order chi connectivity index (χ1) is 9.22. The van der Waals surface area contributed by atoms with Gasteiger partial charge in [0.2, 0.25) is 11.7 Å². The van der Waals surface area contributed by atoms with Gasteiger partial charge < -0.3 is 4.52 Å². The fourth-order valence-electron chi connectivity index (χ4n) is 1.79. The van der Waals surface area contributed by atoms with E-state index in [1.807, 2.05) is 31.2 Å². The first-order valence-electron chi connectivity index (χ1n) is 5.99. The van der Waals surface area contributed by atoms with Crippen molar-refractivity contribution in [2.24, 2.45) is 5.10 Å². The molecule has 3 rings (SSSR count). The third kappa shape index (κ3) is 2.37. The number of aromatic nitrogens is 2. The summed E-state index contributed by atoms with van der Waals surface area (Å²) in [5.74, 6) is 0.784. The molecule has 1 aromatic carbocycles. The van der Waals surface area contributed by atoms with Crippen LogP contribution in [-0.4, -0.2) is 21.8 Å². The van der Waals surface area contributed by atoms with E-state index in [4.69, 9.17) is 4.52 Å². The smallest absolute Gasteiger partial charge is 0.274 e. The quantitative estimate of drug-likeness (QED) is 0.886. The number of benzene rings is 1. The van der Waals surface area contributed by atoms with Crippen molar-refractivity contribution < 1.29 is 9.32 Å². The minimum atomic E-state index is -0.0953. The monoisotopic (exact) mass is 256 g/mol. The molecule has 96 valence electrons. The predicted octanol–water partition coefficient (Wildman–Crippen LogP) is 1.66. The van der Waals surface area contributed by atoms with Crippen LogP contribution in [0.15, 0.2) is 33.9 Å². The Morgan fingerprint density at radius 2 is 2.00 bits per heavy atom. The number of hydrogen-bond acceptors (Lipinski definition) is 5. The van der Waals surface area contributed by atoms with Crippen molar-refractivity contribution in [1.29, 1.82) is 0 Å². The highest BCUT2D eigenvalue weighted by atomic mass is 16.5. The molecular weight excluding hydrogens is 244 g/mol. The molecule has 0 unspecified atom stereocenters. The molecule has 0 radical (unpaired) electrons. The standard InChI is InChI=1S/C13H12N4O2/c1-8-2-4-9(5-3-8)12-14-13(19-17-12)10-6-7-11(18)16-15-10/h2-5H,6-7H2,1H3,(H,16,18). The van der Waals surface area contributed by atoms with E-state index in [0.717, 1.165) is 5.56 Å². The Morgan fingerprint density at radius 3 is 2.68 bits per heavy atom. The lowest BCUT2D eigenvalue weighted by Gasteiger charge is -2.07. The van der Waals surface area contributed by atoms with Gasteiger partial charge in [-0.25, -0.2) is 5.43 Å². The van der Waals surface area contributed by atoms with Gasteiger partial charge in [0.05, 0.1) is 0 Å². The number of hydrazone groups is 1. The first kappa shape index (κ1) is 11.6. The Kier molecular flexibility index (Phi) is 2.83. The van der Waals surface area contributed by atoms with Crippen LogP contribution in [-0.2, 0) is 4.79 Å². The highest BCUT2D eigenvalue weighted by molar-refractivity contribution is 6.01. The minimum Gasteiger partial charge on any atom is -0.332 e. The Morgan fingerprint density at radius 1 is 1.21 bits per heavy atom. The van der Waals surface area contributed by atoms with Crippen LogP contribution in [0.2, 0.25) is 0 Å². The summed E-state index contributed by atoms with van der Waals surface area (Å²) in [4.78, 5) is 15.3. The molecule has 0 spiro atoms. The van der Waals surface area contributed by atoms with Crippen molar-refractivity contribution in [2.75, 3.05) is 0 Å². The SMILES string of the molecule is Cc1ccc(-c2noc(C3=NNC(=O)CC3)n2)cc1. The molecule has 1 amide bonds. The average Bonchev–Trinajstić information content (AvgIpc) is 2.90. The van der Waals surface area contributed by atoms with Crippen molar-refractivity contribution in [2.45, 2.75) is 19.8 Å². The summed E-state index contributed by atoms with van der Waals surface area (Å²) >= 11 is 0. The van der Waals surface area contributed by atoms with Crippen LogP contribution in [0.25, 0.3) is 11.4 Å². The lowest BCUT2D eigenvalue weighted by molar-refractivity contribution is -0.121. The fourth-order valence-corrected chi connectivity index (χ4v) is 1.79. The van der Waals surface area contributed by atoms with Gasteiger partial charge in [-0.3, -0.25) is 4.79 Å². The molecule has 6 nitrogen and oxygen atoms in total. The molecule has 1 aromatic heterocycles. The zero-order valence-electron chi connectivity index (χ0n) is 10.4. The summed E-state index contributed by atoms with van der Waals surface area (Å²) in [6.07, 6.45) is 0.905. The second-order valence-corrected chi connectivity index (χ2v) is 4.38.